The topological polar surface area (TPSA) is 59.9 Å². The predicted octanol–water partition coefficient (Wildman–Crippen LogP) is 4.26. The number of sulfone groups is 1. The maximum Gasteiger partial charge on any atom is 0.417 e. The second kappa shape index (κ2) is 6.26. The molecule has 0 N–H and O–H groups in total. The van der Waals surface area contributed by atoms with Crippen LogP contribution in [-0.2, 0) is 21.8 Å². The van der Waals surface area contributed by atoms with Gasteiger partial charge in [-0.3, -0.25) is 0 Å². The van der Waals surface area contributed by atoms with Crippen LogP contribution in [0.2, 0.25) is 0 Å². The molecule has 3 rings (SSSR count). The van der Waals surface area contributed by atoms with E-state index >= 15 is 0 Å². The Labute approximate surface area is 143 Å². The highest BCUT2D eigenvalue weighted by molar-refractivity contribution is 7.90. The Hall–Kier alpha value is -1.78. The van der Waals surface area contributed by atoms with E-state index in [0.717, 1.165) is 11.6 Å². The van der Waals surface area contributed by atoms with Crippen LogP contribution in [0.5, 0.6) is 0 Å². The number of nitrogens with zero attached hydrogens (tertiary/aromatic N) is 2. The summed E-state index contributed by atoms with van der Waals surface area (Å²) in [5.41, 5.74) is 0.249. The van der Waals surface area contributed by atoms with Crippen LogP contribution in [0.4, 0.5) is 13.2 Å². The van der Waals surface area contributed by atoms with Gasteiger partial charge in [0.1, 0.15) is 5.01 Å². The maximum absolute atomic E-state index is 12.5. The average Bonchev–Trinajstić information content (AvgIpc) is 3.17. The Morgan fingerprint density at radius 1 is 1.12 bits per heavy atom. The molecule has 0 atom stereocenters. The van der Waals surface area contributed by atoms with Gasteiger partial charge in [-0.2, -0.15) is 24.5 Å². The van der Waals surface area contributed by atoms with Crippen LogP contribution < -0.4 is 0 Å². The molecule has 0 fully saturated rings. The molecule has 4 nitrogen and oxygen atoms in total. The first-order valence-electron chi connectivity index (χ1n) is 6.49. The highest BCUT2D eigenvalue weighted by Crippen LogP contribution is 2.30. The fourth-order valence-corrected chi connectivity index (χ4v) is 4.70. The minimum absolute atomic E-state index is 0.336. The normalized spacial score (nSPS) is 12.5. The second-order valence-corrected chi connectivity index (χ2v) is 8.37. The molecule has 0 amide bonds. The highest BCUT2D eigenvalue weighted by atomic mass is 32.2. The molecule has 0 saturated carbocycles. The van der Waals surface area contributed by atoms with E-state index in [1.165, 1.54) is 22.7 Å². The molecule has 10 heteroatoms. The molecule has 3 aromatic heterocycles. The van der Waals surface area contributed by atoms with E-state index in [2.05, 4.69) is 9.97 Å². The van der Waals surface area contributed by atoms with E-state index < -0.39 is 32.4 Å². The first-order valence-corrected chi connectivity index (χ1v) is 9.96. The molecular weight excluding hydrogens is 381 g/mol. The van der Waals surface area contributed by atoms with Gasteiger partial charge in [0, 0.05) is 22.5 Å². The number of rotatable bonds is 4. The van der Waals surface area contributed by atoms with E-state index in [9.17, 15) is 21.6 Å². The van der Waals surface area contributed by atoms with Gasteiger partial charge in [0.2, 0.25) is 9.84 Å². The molecule has 126 valence electrons. The minimum atomic E-state index is -4.56. The quantitative estimate of drug-likeness (QED) is 0.668. The van der Waals surface area contributed by atoms with Crippen molar-refractivity contribution in [3.63, 3.8) is 0 Å². The molecule has 0 aliphatic heterocycles. The van der Waals surface area contributed by atoms with Crippen molar-refractivity contribution in [1.82, 2.24) is 9.97 Å². The van der Waals surface area contributed by atoms with Gasteiger partial charge in [0.05, 0.1) is 17.0 Å². The van der Waals surface area contributed by atoms with Gasteiger partial charge < -0.3 is 0 Å². The standard InChI is InChI=1S/C14H9F3N2O2S3/c15-14(16,17)10-1-2-12(18-5-10)24(20,21)8-11-7-23-13(19-11)9-3-4-22-6-9/h1-7H,8H2. The third kappa shape index (κ3) is 3.65. The Morgan fingerprint density at radius 2 is 1.92 bits per heavy atom. The number of aromatic nitrogens is 2. The van der Waals surface area contributed by atoms with Crippen LogP contribution >= 0.6 is 22.7 Å². The monoisotopic (exact) mass is 390 g/mol. The zero-order valence-electron chi connectivity index (χ0n) is 11.8. The lowest BCUT2D eigenvalue weighted by Gasteiger charge is -2.07. The number of hydrogen-bond acceptors (Lipinski definition) is 6. The summed E-state index contributed by atoms with van der Waals surface area (Å²) >= 11 is 2.81. The van der Waals surface area contributed by atoms with Crippen LogP contribution in [0.3, 0.4) is 0 Å². The van der Waals surface area contributed by atoms with Gasteiger partial charge in [0.25, 0.3) is 0 Å². The molecule has 0 unspecified atom stereocenters. The minimum Gasteiger partial charge on any atom is -0.244 e. The van der Waals surface area contributed by atoms with Crippen molar-refractivity contribution in [2.24, 2.45) is 0 Å². The summed E-state index contributed by atoms with van der Waals surface area (Å²) in [6.07, 6.45) is -4.04. The predicted molar refractivity (Wildman–Crippen MR) is 85.6 cm³/mol. The van der Waals surface area contributed by atoms with Crippen LogP contribution in [0, 0.1) is 0 Å². The molecule has 0 radical (unpaired) electrons. The fourth-order valence-electron chi connectivity index (χ4n) is 1.89. The molecule has 0 aromatic carbocycles. The Morgan fingerprint density at radius 3 is 2.50 bits per heavy atom. The summed E-state index contributed by atoms with van der Waals surface area (Å²) in [6.45, 7) is 0. The number of hydrogen-bond donors (Lipinski definition) is 0. The summed E-state index contributed by atoms with van der Waals surface area (Å²) in [7, 11) is -3.86. The molecule has 0 saturated heterocycles. The summed E-state index contributed by atoms with van der Waals surface area (Å²) in [5, 5.41) is 5.70. The van der Waals surface area contributed by atoms with Crippen molar-refractivity contribution in [2.75, 3.05) is 0 Å². The van der Waals surface area contributed by atoms with E-state index in [0.29, 0.717) is 23.0 Å². The number of halogens is 3. The lowest BCUT2D eigenvalue weighted by Crippen LogP contribution is -2.10. The van der Waals surface area contributed by atoms with Crippen molar-refractivity contribution < 1.29 is 21.6 Å². The van der Waals surface area contributed by atoms with Crippen molar-refractivity contribution in [1.29, 1.82) is 0 Å². The third-order valence-corrected chi connectivity index (χ3v) is 6.22. The molecule has 3 heterocycles. The van der Waals surface area contributed by atoms with Crippen LogP contribution in [-0.4, -0.2) is 18.4 Å². The summed E-state index contributed by atoms with van der Waals surface area (Å²) in [5.74, 6) is -0.411. The molecule has 0 aliphatic rings. The Balaban J connectivity index is 1.81. The van der Waals surface area contributed by atoms with E-state index in [1.54, 1.807) is 5.38 Å². The first-order chi connectivity index (χ1) is 11.3. The Kier molecular flexibility index (Phi) is 4.45. The second-order valence-electron chi connectivity index (χ2n) is 4.80. The maximum atomic E-state index is 12.5. The van der Waals surface area contributed by atoms with E-state index in [1.807, 2.05) is 16.8 Å². The van der Waals surface area contributed by atoms with Gasteiger partial charge in [-0.25, -0.2) is 18.4 Å². The first kappa shape index (κ1) is 17.1. The number of thiazole rings is 1. The SMILES string of the molecule is O=S(=O)(Cc1csc(-c2ccsc2)n1)c1ccc(C(F)(F)F)cn1. The van der Waals surface area contributed by atoms with Gasteiger partial charge in [-0.15, -0.1) is 11.3 Å². The van der Waals surface area contributed by atoms with Crippen molar-refractivity contribution in [3.05, 3.63) is 51.8 Å². The zero-order valence-corrected chi connectivity index (χ0v) is 14.3. The van der Waals surface area contributed by atoms with E-state index in [-0.39, 0.29) is 0 Å². The number of pyridine rings is 1. The van der Waals surface area contributed by atoms with E-state index in [4.69, 9.17) is 0 Å². The highest BCUT2D eigenvalue weighted by Gasteiger charge is 2.31. The van der Waals surface area contributed by atoms with Crippen LogP contribution in [0.1, 0.15) is 11.3 Å². The third-order valence-electron chi connectivity index (χ3n) is 3.04. The lowest BCUT2D eigenvalue weighted by atomic mass is 10.3. The number of thiophene rings is 1. The van der Waals surface area contributed by atoms with Gasteiger partial charge >= 0.3 is 6.18 Å². The van der Waals surface area contributed by atoms with Crippen molar-refractivity contribution >= 4 is 32.5 Å². The smallest absolute Gasteiger partial charge is 0.244 e. The molecule has 0 spiro atoms. The fraction of sp³-hybridized carbons (Fsp3) is 0.143. The average molecular weight is 390 g/mol. The summed E-state index contributed by atoms with van der Waals surface area (Å²) in [6, 6.07) is 3.45. The molecule has 0 aliphatic carbocycles. The summed E-state index contributed by atoms with van der Waals surface area (Å²) < 4.78 is 62.1. The molecule has 24 heavy (non-hydrogen) atoms. The van der Waals surface area contributed by atoms with Crippen molar-refractivity contribution in [3.8, 4) is 10.6 Å². The van der Waals surface area contributed by atoms with Gasteiger partial charge in [0.15, 0.2) is 5.03 Å². The Bertz CT molecular complexity index is 931. The van der Waals surface area contributed by atoms with Gasteiger partial charge in [-0.1, -0.05) is 0 Å². The van der Waals surface area contributed by atoms with Crippen molar-refractivity contribution in [2.45, 2.75) is 17.0 Å². The van der Waals surface area contributed by atoms with Gasteiger partial charge in [-0.05, 0) is 23.6 Å². The summed E-state index contributed by atoms with van der Waals surface area (Å²) in [4.78, 5) is 7.70. The molecule has 3 aromatic rings. The lowest BCUT2D eigenvalue weighted by molar-refractivity contribution is -0.137. The van der Waals surface area contributed by atoms with Crippen LogP contribution in [0.15, 0.2) is 45.6 Å². The largest absolute Gasteiger partial charge is 0.417 e. The van der Waals surface area contributed by atoms with Crippen LogP contribution in [0.25, 0.3) is 10.6 Å². The molecule has 0 bridgehead atoms. The number of alkyl halides is 3. The zero-order chi connectivity index (χ0) is 17.4. The molecular formula is C14H9F3N2O2S3.